The van der Waals surface area contributed by atoms with Gasteiger partial charge < -0.3 is 10.1 Å². The van der Waals surface area contributed by atoms with E-state index in [0.29, 0.717) is 24.3 Å². The van der Waals surface area contributed by atoms with E-state index in [1.807, 2.05) is 19.1 Å². The number of hydrogen-bond acceptors (Lipinski definition) is 4. The lowest BCUT2D eigenvalue weighted by Gasteiger charge is -2.15. The van der Waals surface area contributed by atoms with Crippen LogP contribution in [0, 0.1) is 11.3 Å². The first-order valence-electron chi connectivity index (χ1n) is 8.54. The van der Waals surface area contributed by atoms with Crippen LogP contribution in [0.5, 0.6) is 5.75 Å². The molecule has 0 unspecified atom stereocenters. The smallest absolute Gasteiger partial charge is 0.416 e. The fourth-order valence-corrected chi connectivity index (χ4v) is 3.10. The van der Waals surface area contributed by atoms with Crippen LogP contribution in [0.3, 0.4) is 0 Å². The Morgan fingerprint density at radius 3 is 2.71 bits per heavy atom. The van der Waals surface area contributed by atoms with Gasteiger partial charge in [0.2, 0.25) is 5.91 Å². The van der Waals surface area contributed by atoms with E-state index < -0.39 is 17.6 Å². The van der Waals surface area contributed by atoms with Crippen LogP contribution in [-0.2, 0) is 16.7 Å². The minimum atomic E-state index is -4.51. The van der Waals surface area contributed by atoms with Crippen LogP contribution in [0.1, 0.15) is 30.0 Å². The largest absolute Gasteiger partial charge is 0.491 e. The van der Waals surface area contributed by atoms with E-state index in [4.69, 9.17) is 10.00 Å². The highest BCUT2D eigenvalue weighted by atomic mass is 32.2. The molecule has 0 radical (unpaired) electrons. The fraction of sp³-hybridized carbons (Fsp3) is 0.300. The van der Waals surface area contributed by atoms with E-state index in [1.54, 1.807) is 18.2 Å². The van der Waals surface area contributed by atoms with E-state index in [1.165, 1.54) is 17.8 Å². The third-order valence-corrected chi connectivity index (χ3v) is 4.60. The quantitative estimate of drug-likeness (QED) is 0.649. The number of nitrogens with zero attached hydrogens (tertiary/aromatic N) is 1. The zero-order chi connectivity index (χ0) is 20.6. The molecule has 0 bridgehead atoms. The average molecular weight is 408 g/mol. The molecule has 0 heterocycles. The second-order valence-corrected chi connectivity index (χ2v) is 6.90. The lowest BCUT2D eigenvalue weighted by atomic mass is 10.1. The summed E-state index contributed by atoms with van der Waals surface area (Å²) < 4.78 is 44.3. The highest BCUT2D eigenvalue weighted by Crippen LogP contribution is 2.35. The first-order valence-corrected chi connectivity index (χ1v) is 9.69. The predicted molar refractivity (Wildman–Crippen MR) is 103 cm³/mol. The number of alkyl halides is 3. The molecule has 28 heavy (non-hydrogen) atoms. The van der Waals surface area contributed by atoms with Crippen LogP contribution < -0.4 is 10.1 Å². The number of rotatable bonds is 8. The Balaban J connectivity index is 2.01. The van der Waals surface area contributed by atoms with Gasteiger partial charge in [-0.25, -0.2) is 0 Å². The molecule has 0 atom stereocenters. The highest BCUT2D eigenvalue weighted by molar-refractivity contribution is 7.99. The van der Waals surface area contributed by atoms with Crippen molar-refractivity contribution in [1.29, 1.82) is 5.26 Å². The maximum atomic E-state index is 13.0. The normalized spacial score (nSPS) is 11.0. The monoisotopic (exact) mass is 408 g/mol. The van der Waals surface area contributed by atoms with E-state index in [2.05, 4.69) is 5.32 Å². The highest BCUT2D eigenvalue weighted by Gasteiger charge is 2.31. The second-order valence-electron chi connectivity index (χ2n) is 5.91. The Morgan fingerprint density at radius 2 is 2.04 bits per heavy atom. The summed E-state index contributed by atoms with van der Waals surface area (Å²) in [5, 5.41) is 11.4. The zero-order valence-corrected chi connectivity index (χ0v) is 16.0. The molecule has 1 N–H and O–H groups in total. The second kappa shape index (κ2) is 10.0. The molecule has 0 aliphatic carbocycles. The molecule has 0 fully saturated rings. The minimum Gasteiger partial charge on any atom is -0.491 e. The molecule has 148 valence electrons. The number of hydrogen-bond donors (Lipinski definition) is 1. The van der Waals surface area contributed by atoms with Crippen LogP contribution in [0.15, 0.2) is 42.5 Å². The van der Waals surface area contributed by atoms with Crippen molar-refractivity contribution < 1.29 is 22.7 Å². The summed E-state index contributed by atoms with van der Waals surface area (Å²) in [6.45, 7) is 2.21. The van der Waals surface area contributed by atoms with E-state index in [-0.39, 0.29) is 17.2 Å². The molecule has 0 saturated carbocycles. The Morgan fingerprint density at radius 1 is 1.25 bits per heavy atom. The van der Waals surface area contributed by atoms with Crippen LogP contribution in [-0.4, -0.2) is 18.3 Å². The van der Waals surface area contributed by atoms with Crippen molar-refractivity contribution in [3.8, 4) is 11.8 Å². The van der Waals surface area contributed by atoms with Gasteiger partial charge in [0, 0.05) is 5.75 Å². The number of ether oxygens (including phenoxy) is 1. The number of nitriles is 1. The molecule has 2 rings (SSSR count). The maximum Gasteiger partial charge on any atom is 0.416 e. The van der Waals surface area contributed by atoms with Gasteiger partial charge in [-0.2, -0.15) is 18.4 Å². The number of carbonyl (C=O) groups excluding carboxylic acids is 1. The number of thioether (sulfide) groups is 1. The van der Waals surface area contributed by atoms with E-state index in [0.717, 1.165) is 17.7 Å². The topological polar surface area (TPSA) is 62.1 Å². The van der Waals surface area contributed by atoms with Crippen molar-refractivity contribution in [2.24, 2.45) is 0 Å². The van der Waals surface area contributed by atoms with Gasteiger partial charge in [-0.3, -0.25) is 4.79 Å². The SMILES string of the molecule is CCCOc1ccc(C(F)(F)F)cc1NC(=O)CSCc1cccc(C#N)c1. The molecule has 1 amide bonds. The molecule has 2 aromatic carbocycles. The van der Waals surface area contributed by atoms with Crippen molar-refractivity contribution in [3.05, 3.63) is 59.2 Å². The Bertz CT molecular complexity index is 863. The van der Waals surface area contributed by atoms with Gasteiger partial charge in [0.15, 0.2) is 0 Å². The predicted octanol–water partition coefficient (Wildman–Crippen LogP) is 5.24. The van der Waals surface area contributed by atoms with Gasteiger partial charge in [-0.15, -0.1) is 11.8 Å². The number of carbonyl (C=O) groups is 1. The number of amides is 1. The lowest BCUT2D eigenvalue weighted by molar-refractivity contribution is -0.137. The summed E-state index contributed by atoms with van der Waals surface area (Å²) in [6.07, 6.45) is -3.82. The van der Waals surface area contributed by atoms with Crippen molar-refractivity contribution >= 4 is 23.4 Å². The summed E-state index contributed by atoms with van der Waals surface area (Å²) >= 11 is 1.30. The summed E-state index contributed by atoms with van der Waals surface area (Å²) in [4.78, 5) is 12.2. The molecule has 8 heteroatoms. The molecule has 0 saturated heterocycles. The summed E-state index contributed by atoms with van der Waals surface area (Å²) in [5.74, 6) is 0.336. The molecular formula is C20H19F3N2O2S. The first kappa shape index (κ1) is 21.6. The summed E-state index contributed by atoms with van der Waals surface area (Å²) in [6, 6.07) is 12.1. The number of benzene rings is 2. The van der Waals surface area contributed by atoms with Crippen LogP contribution >= 0.6 is 11.8 Å². The molecule has 0 aliphatic rings. The molecule has 4 nitrogen and oxygen atoms in total. The third kappa shape index (κ3) is 6.50. The van der Waals surface area contributed by atoms with E-state index >= 15 is 0 Å². The minimum absolute atomic E-state index is 0.000327. The van der Waals surface area contributed by atoms with Gasteiger partial charge in [-0.1, -0.05) is 19.1 Å². The molecule has 0 spiro atoms. The third-order valence-electron chi connectivity index (χ3n) is 3.60. The summed E-state index contributed by atoms with van der Waals surface area (Å²) in [7, 11) is 0. The average Bonchev–Trinajstić information content (AvgIpc) is 2.66. The maximum absolute atomic E-state index is 13.0. The van der Waals surface area contributed by atoms with Gasteiger partial charge in [-0.05, 0) is 42.3 Å². The van der Waals surface area contributed by atoms with Crippen molar-refractivity contribution in [2.45, 2.75) is 25.3 Å². The Labute approximate surface area is 165 Å². The molecular weight excluding hydrogens is 389 g/mol. The molecule has 0 aromatic heterocycles. The van der Waals surface area contributed by atoms with Gasteiger partial charge in [0.1, 0.15) is 5.75 Å². The number of nitrogens with one attached hydrogen (secondary N) is 1. The van der Waals surface area contributed by atoms with Crippen molar-refractivity contribution in [2.75, 3.05) is 17.7 Å². The first-order chi connectivity index (χ1) is 13.3. The zero-order valence-electron chi connectivity index (χ0n) is 15.2. The van der Waals surface area contributed by atoms with Gasteiger partial charge >= 0.3 is 6.18 Å². The number of anilines is 1. The lowest BCUT2D eigenvalue weighted by Crippen LogP contribution is -2.16. The van der Waals surface area contributed by atoms with Crippen LogP contribution in [0.4, 0.5) is 18.9 Å². The van der Waals surface area contributed by atoms with Gasteiger partial charge in [0.05, 0.1) is 35.2 Å². The van der Waals surface area contributed by atoms with E-state index in [9.17, 15) is 18.0 Å². The fourth-order valence-electron chi connectivity index (χ4n) is 2.32. The van der Waals surface area contributed by atoms with Crippen molar-refractivity contribution in [3.63, 3.8) is 0 Å². The Hall–Kier alpha value is -2.66. The van der Waals surface area contributed by atoms with Crippen molar-refractivity contribution in [1.82, 2.24) is 0 Å². The standard InChI is InChI=1S/C20H19F3N2O2S/c1-2-8-27-18-7-6-16(20(21,22)23)10-17(18)25-19(26)13-28-12-15-5-3-4-14(9-15)11-24/h3-7,9-10H,2,8,12-13H2,1H3,(H,25,26). The summed E-state index contributed by atoms with van der Waals surface area (Å²) in [5.41, 5.74) is 0.570. The molecule has 2 aromatic rings. The molecule has 0 aliphatic heterocycles. The van der Waals surface area contributed by atoms with Gasteiger partial charge in [0.25, 0.3) is 0 Å². The number of halogens is 3. The van der Waals surface area contributed by atoms with Crippen LogP contribution in [0.25, 0.3) is 0 Å². The Kier molecular flexibility index (Phi) is 7.76. The van der Waals surface area contributed by atoms with Crippen LogP contribution in [0.2, 0.25) is 0 Å².